The number of aryl methyl sites for hydroxylation is 1. The monoisotopic (exact) mass is 179 g/mol. The molecule has 1 aromatic heterocycles. The van der Waals surface area contributed by atoms with Gasteiger partial charge in [-0.25, -0.2) is 0 Å². The van der Waals surface area contributed by atoms with Crippen molar-refractivity contribution in [1.82, 2.24) is 4.57 Å². The molecule has 0 saturated carbocycles. The molecule has 0 amide bonds. The summed E-state index contributed by atoms with van der Waals surface area (Å²) in [4.78, 5) is 0. The van der Waals surface area contributed by atoms with E-state index in [4.69, 9.17) is 0 Å². The quantitative estimate of drug-likeness (QED) is 0.591. The number of fused-ring (bicyclic) bond motifs is 2. The predicted molar refractivity (Wildman–Crippen MR) is 55.9 cm³/mol. The zero-order valence-electron chi connectivity index (χ0n) is 8.02. The van der Waals surface area contributed by atoms with E-state index >= 15 is 0 Å². The van der Waals surface area contributed by atoms with E-state index in [1.165, 1.54) is 16.6 Å². The van der Waals surface area contributed by atoms with E-state index in [2.05, 4.69) is 47.7 Å². The van der Waals surface area contributed by atoms with Crippen molar-refractivity contribution in [2.45, 2.75) is 19.9 Å². The summed E-state index contributed by atoms with van der Waals surface area (Å²) in [6, 6.07) is 7.47. The Hall–Kier alpha value is -1.86. The summed E-state index contributed by atoms with van der Waals surface area (Å²) in [5.74, 6) is 6.25. The summed E-state index contributed by atoms with van der Waals surface area (Å²) in [6.07, 6.45) is 3.99. The molecule has 0 fully saturated rings. The lowest BCUT2D eigenvalue weighted by Gasteiger charge is -2.01. The first-order chi connectivity index (χ1) is 6.88. The fraction of sp³-hybridized carbons (Fsp3) is 0.231. The lowest BCUT2D eigenvalue weighted by atomic mass is 10.1. The van der Waals surface area contributed by atoms with Crippen LogP contribution in [0.4, 0.5) is 0 Å². The van der Waals surface area contributed by atoms with Gasteiger partial charge in [0.1, 0.15) is 0 Å². The van der Waals surface area contributed by atoms with Gasteiger partial charge in [0, 0.05) is 24.7 Å². The van der Waals surface area contributed by atoms with Crippen LogP contribution in [0.25, 0.3) is 10.9 Å². The molecule has 0 aliphatic heterocycles. The van der Waals surface area contributed by atoms with Gasteiger partial charge < -0.3 is 4.57 Å². The van der Waals surface area contributed by atoms with Crippen molar-refractivity contribution >= 4 is 10.9 Å². The number of hydrogen-bond acceptors (Lipinski definition) is 0. The first-order valence-electron chi connectivity index (χ1n) is 4.83. The molecule has 1 heteroatoms. The van der Waals surface area contributed by atoms with E-state index in [-0.39, 0.29) is 0 Å². The lowest BCUT2D eigenvalue weighted by Crippen LogP contribution is -1.92. The van der Waals surface area contributed by atoms with Crippen molar-refractivity contribution in [3.05, 3.63) is 35.5 Å². The molecule has 1 heterocycles. The molecule has 1 aliphatic rings. The summed E-state index contributed by atoms with van der Waals surface area (Å²) in [7, 11) is 0. The minimum atomic E-state index is 0.885. The van der Waals surface area contributed by atoms with Gasteiger partial charge in [0.2, 0.25) is 0 Å². The molecule has 2 aromatic rings. The highest BCUT2D eigenvalue weighted by Crippen LogP contribution is 2.21. The van der Waals surface area contributed by atoms with Crippen LogP contribution in [0.1, 0.15) is 18.1 Å². The molecule has 0 bridgehead atoms. The van der Waals surface area contributed by atoms with Crippen LogP contribution < -0.4 is 0 Å². The molecule has 0 radical (unpaired) electrons. The summed E-state index contributed by atoms with van der Waals surface area (Å²) in [5, 5.41) is 1.15. The minimum Gasteiger partial charge on any atom is -0.300 e. The van der Waals surface area contributed by atoms with Crippen LogP contribution in [-0.2, 0) is 13.0 Å². The topological polar surface area (TPSA) is 4.93 Å². The second kappa shape index (κ2) is 2.56. The minimum absolute atomic E-state index is 0.885. The van der Waals surface area contributed by atoms with Crippen LogP contribution in [0, 0.1) is 24.1 Å². The van der Waals surface area contributed by atoms with Gasteiger partial charge in [-0.2, -0.15) is 0 Å². The lowest BCUT2D eigenvalue weighted by molar-refractivity contribution is 0.797. The van der Waals surface area contributed by atoms with Gasteiger partial charge in [-0.15, -0.1) is 0 Å². The summed E-state index contributed by atoms with van der Waals surface area (Å²) >= 11 is 0. The van der Waals surface area contributed by atoms with E-state index in [1.54, 1.807) is 0 Å². The van der Waals surface area contributed by atoms with Gasteiger partial charge >= 0.3 is 0 Å². The highest BCUT2D eigenvalue weighted by atomic mass is 14.9. The van der Waals surface area contributed by atoms with Gasteiger partial charge in [0.15, 0.2) is 0 Å². The molecule has 0 N–H and O–H groups in total. The highest BCUT2D eigenvalue weighted by molar-refractivity contribution is 5.81. The van der Waals surface area contributed by atoms with Crippen LogP contribution in [0.15, 0.2) is 12.1 Å². The maximum absolute atomic E-state index is 3.15. The first-order valence-corrected chi connectivity index (χ1v) is 4.83. The Labute approximate surface area is 83.4 Å². The van der Waals surface area contributed by atoms with Crippen molar-refractivity contribution in [1.29, 1.82) is 0 Å². The molecule has 1 nitrogen and oxygen atoms in total. The zero-order chi connectivity index (χ0) is 9.54. The Morgan fingerprint density at radius 2 is 2.36 bits per heavy atom. The third-order valence-electron chi connectivity index (χ3n) is 2.66. The molecule has 0 spiro atoms. The molecule has 3 rings (SSSR count). The summed E-state index contributed by atoms with van der Waals surface area (Å²) in [6.45, 7) is 3.05. The molecular weight excluding hydrogens is 170 g/mol. The Kier molecular flexibility index (Phi) is 1.38. The van der Waals surface area contributed by atoms with Gasteiger partial charge in [0.25, 0.3) is 0 Å². The van der Waals surface area contributed by atoms with Crippen LogP contribution in [-0.4, -0.2) is 4.57 Å². The number of hydrogen-bond donors (Lipinski definition) is 0. The SMILES string of the molecule is CCn1c#cc2cc3c(cc21)C#CC3. The van der Waals surface area contributed by atoms with Crippen molar-refractivity contribution in [2.75, 3.05) is 0 Å². The van der Waals surface area contributed by atoms with Crippen LogP contribution in [0.3, 0.4) is 0 Å². The van der Waals surface area contributed by atoms with E-state index < -0.39 is 0 Å². The normalized spacial score (nSPS) is 12.1. The van der Waals surface area contributed by atoms with Gasteiger partial charge in [0.05, 0.1) is 10.9 Å². The zero-order valence-corrected chi connectivity index (χ0v) is 8.02. The van der Waals surface area contributed by atoms with Crippen LogP contribution in [0.2, 0.25) is 0 Å². The molecule has 1 aromatic carbocycles. The first kappa shape index (κ1) is 7.54. The third kappa shape index (κ3) is 0.874. The average molecular weight is 179 g/mol. The Morgan fingerprint density at radius 3 is 3.21 bits per heavy atom. The fourth-order valence-corrected chi connectivity index (χ4v) is 1.89. The van der Waals surface area contributed by atoms with Crippen molar-refractivity contribution < 1.29 is 0 Å². The highest BCUT2D eigenvalue weighted by Gasteiger charge is 2.08. The summed E-state index contributed by atoms with van der Waals surface area (Å²) in [5.41, 5.74) is 3.67. The number of rotatable bonds is 1. The van der Waals surface area contributed by atoms with E-state index in [0.717, 1.165) is 18.4 Å². The summed E-state index contributed by atoms with van der Waals surface area (Å²) < 4.78 is 2.08. The molecule has 66 valence electrons. The molecular formula is C13H9N. The maximum Gasteiger partial charge on any atom is 0.0658 e. The number of aromatic nitrogens is 1. The second-order valence-electron chi connectivity index (χ2n) is 3.49. The molecule has 0 unspecified atom stereocenters. The Morgan fingerprint density at radius 1 is 1.43 bits per heavy atom. The van der Waals surface area contributed by atoms with Gasteiger partial charge in [-0.05, 0) is 30.7 Å². The van der Waals surface area contributed by atoms with Crippen molar-refractivity contribution in [2.24, 2.45) is 0 Å². The van der Waals surface area contributed by atoms with Gasteiger partial charge in [-0.1, -0.05) is 11.8 Å². The smallest absolute Gasteiger partial charge is 0.0658 e. The van der Waals surface area contributed by atoms with E-state index in [0.29, 0.717) is 0 Å². The standard InChI is InChI=1S/C13H9N/c1-2-14-7-6-12-8-10-4-3-5-11(10)9-13(12)14/h8-9H,2,4H2,1H3. The molecule has 0 atom stereocenters. The van der Waals surface area contributed by atoms with Crippen molar-refractivity contribution in [3.8, 4) is 11.8 Å². The third-order valence-corrected chi connectivity index (χ3v) is 2.66. The second-order valence-corrected chi connectivity index (χ2v) is 3.49. The predicted octanol–water partition coefficient (Wildman–Crippen LogP) is 2.17. The van der Waals surface area contributed by atoms with E-state index in [9.17, 15) is 0 Å². The largest absolute Gasteiger partial charge is 0.300 e. The molecule has 1 aliphatic carbocycles. The van der Waals surface area contributed by atoms with Crippen molar-refractivity contribution in [3.63, 3.8) is 0 Å². The van der Waals surface area contributed by atoms with E-state index in [1.807, 2.05) is 0 Å². The van der Waals surface area contributed by atoms with Gasteiger partial charge in [-0.3, -0.25) is 0 Å². The number of benzene rings is 1. The molecule has 14 heavy (non-hydrogen) atoms. The Balaban J connectivity index is 2.35. The number of nitrogens with zero attached hydrogens (tertiary/aromatic N) is 1. The Bertz CT molecular complexity index is 564. The average Bonchev–Trinajstić information content (AvgIpc) is 2.78. The maximum atomic E-state index is 3.15. The molecule has 0 saturated heterocycles. The van der Waals surface area contributed by atoms with Crippen LogP contribution in [0.5, 0.6) is 0 Å². The fourth-order valence-electron chi connectivity index (χ4n) is 1.89. The van der Waals surface area contributed by atoms with Crippen LogP contribution >= 0.6 is 0 Å².